The highest BCUT2D eigenvalue weighted by Gasteiger charge is 2.18. The van der Waals surface area contributed by atoms with Crippen molar-refractivity contribution in [2.75, 3.05) is 19.8 Å². The van der Waals surface area contributed by atoms with Crippen LogP contribution in [0.15, 0.2) is 23.2 Å². The highest BCUT2D eigenvalue weighted by Crippen LogP contribution is 2.11. The van der Waals surface area contributed by atoms with Crippen molar-refractivity contribution in [2.24, 2.45) is 5.92 Å². The van der Waals surface area contributed by atoms with Gasteiger partial charge in [0.15, 0.2) is 5.69 Å². The fraction of sp³-hybridized carbons (Fsp3) is 0.538. The van der Waals surface area contributed by atoms with Crippen LogP contribution in [0.4, 0.5) is 0 Å². The van der Waals surface area contributed by atoms with Crippen LogP contribution in [0.1, 0.15) is 26.0 Å². The molecule has 0 fully saturated rings. The smallest absolute Gasteiger partial charge is 0.243 e. The monoisotopic (exact) mass is 297 g/mol. The second-order valence-corrected chi connectivity index (χ2v) is 6.39. The molecule has 0 bridgehead atoms. The Bertz CT molecular complexity index is 564. The van der Waals surface area contributed by atoms with Gasteiger partial charge >= 0.3 is 0 Å². The van der Waals surface area contributed by atoms with E-state index < -0.39 is 10.0 Å². The maximum absolute atomic E-state index is 12.0. The third-order valence-corrected chi connectivity index (χ3v) is 4.04. The van der Waals surface area contributed by atoms with Crippen molar-refractivity contribution in [3.63, 3.8) is 0 Å². The van der Waals surface area contributed by atoms with Crippen LogP contribution in [0.5, 0.6) is 0 Å². The zero-order valence-electron chi connectivity index (χ0n) is 11.7. The van der Waals surface area contributed by atoms with E-state index >= 15 is 0 Å². The molecule has 110 valence electrons. The summed E-state index contributed by atoms with van der Waals surface area (Å²) in [6.45, 7) is 5.26. The number of ether oxygens (including phenoxy) is 1. The number of nitrogens with one attached hydrogen (secondary N) is 1. The lowest BCUT2D eigenvalue weighted by atomic mass is 10.1. The van der Waals surface area contributed by atoms with Crippen molar-refractivity contribution < 1.29 is 13.2 Å². The maximum Gasteiger partial charge on any atom is 0.243 e. The van der Waals surface area contributed by atoms with Crippen molar-refractivity contribution in [3.05, 3.63) is 24.0 Å². The van der Waals surface area contributed by atoms with Gasteiger partial charge in [-0.25, -0.2) is 18.1 Å². The Morgan fingerprint density at radius 3 is 2.85 bits per heavy atom. The van der Waals surface area contributed by atoms with E-state index in [1.807, 2.05) is 0 Å². The number of rotatable bonds is 8. The van der Waals surface area contributed by atoms with E-state index in [0.717, 1.165) is 6.42 Å². The molecule has 0 radical (unpaired) electrons. The lowest BCUT2D eigenvalue weighted by Gasteiger charge is -2.09. The molecule has 0 spiro atoms. The van der Waals surface area contributed by atoms with E-state index in [1.165, 1.54) is 18.3 Å². The van der Waals surface area contributed by atoms with Crippen LogP contribution in [0, 0.1) is 17.2 Å². The second-order valence-electron chi connectivity index (χ2n) is 4.65. The first kappa shape index (κ1) is 16.6. The van der Waals surface area contributed by atoms with Gasteiger partial charge in [-0.15, -0.1) is 0 Å². The van der Waals surface area contributed by atoms with Gasteiger partial charge in [-0.05, 0) is 24.5 Å². The Morgan fingerprint density at radius 2 is 2.20 bits per heavy atom. The van der Waals surface area contributed by atoms with Crippen LogP contribution in [-0.4, -0.2) is 33.2 Å². The van der Waals surface area contributed by atoms with E-state index in [1.54, 1.807) is 6.07 Å². The van der Waals surface area contributed by atoms with Gasteiger partial charge in [0.25, 0.3) is 0 Å². The number of hydrogen-bond acceptors (Lipinski definition) is 5. The molecule has 0 unspecified atom stereocenters. The van der Waals surface area contributed by atoms with E-state index in [4.69, 9.17) is 10.00 Å². The third kappa shape index (κ3) is 5.25. The SMILES string of the molecule is CC(C)CCOCCNS(=O)(=O)c1cccnc1C#N. The molecule has 1 rings (SSSR count). The number of aromatic nitrogens is 1. The summed E-state index contributed by atoms with van der Waals surface area (Å²) in [7, 11) is -3.72. The predicted octanol–water partition coefficient (Wildman–Crippen LogP) is 1.29. The van der Waals surface area contributed by atoms with Crippen LogP contribution in [0.2, 0.25) is 0 Å². The zero-order valence-corrected chi connectivity index (χ0v) is 12.5. The lowest BCUT2D eigenvalue weighted by Crippen LogP contribution is -2.28. The van der Waals surface area contributed by atoms with Gasteiger partial charge in [0.2, 0.25) is 10.0 Å². The molecule has 1 N–H and O–H groups in total. The van der Waals surface area contributed by atoms with Crippen LogP contribution >= 0.6 is 0 Å². The van der Waals surface area contributed by atoms with E-state index in [-0.39, 0.29) is 17.1 Å². The number of nitrogens with zero attached hydrogens (tertiary/aromatic N) is 2. The predicted molar refractivity (Wildman–Crippen MR) is 74.4 cm³/mol. The minimum absolute atomic E-state index is 0.107. The van der Waals surface area contributed by atoms with Gasteiger partial charge in [0.05, 0.1) is 6.61 Å². The molecule has 1 heterocycles. The Kier molecular flexibility index (Phi) is 6.58. The van der Waals surface area contributed by atoms with E-state index in [9.17, 15) is 8.42 Å². The van der Waals surface area contributed by atoms with Crippen LogP contribution in [-0.2, 0) is 14.8 Å². The summed E-state index contributed by atoms with van der Waals surface area (Å²) in [6.07, 6.45) is 2.32. The molecule has 0 saturated carbocycles. The molecule has 0 aliphatic carbocycles. The molecule has 1 aromatic heterocycles. The van der Waals surface area contributed by atoms with Gasteiger partial charge in [0, 0.05) is 19.3 Å². The number of pyridine rings is 1. The van der Waals surface area contributed by atoms with Crippen molar-refractivity contribution in [1.29, 1.82) is 5.26 Å². The number of hydrogen-bond donors (Lipinski definition) is 1. The van der Waals surface area contributed by atoms with Crippen molar-refractivity contribution in [3.8, 4) is 6.07 Å². The summed E-state index contributed by atoms with van der Waals surface area (Å²) >= 11 is 0. The Morgan fingerprint density at radius 1 is 1.45 bits per heavy atom. The molecule has 0 aromatic carbocycles. The Labute approximate surface area is 119 Å². The average molecular weight is 297 g/mol. The summed E-state index contributed by atoms with van der Waals surface area (Å²) in [5.41, 5.74) is -0.110. The molecule has 0 aliphatic heterocycles. The van der Waals surface area contributed by atoms with Gasteiger partial charge in [-0.2, -0.15) is 5.26 Å². The zero-order chi connectivity index (χ0) is 15.0. The highest BCUT2D eigenvalue weighted by molar-refractivity contribution is 7.89. The minimum Gasteiger partial charge on any atom is -0.380 e. The first-order valence-electron chi connectivity index (χ1n) is 6.40. The minimum atomic E-state index is -3.72. The molecular formula is C13H19N3O3S. The van der Waals surface area contributed by atoms with Crippen molar-refractivity contribution >= 4 is 10.0 Å². The fourth-order valence-electron chi connectivity index (χ4n) is 1.44. The molecular weight excluding hydrogens is 278 g/mol. The molecule has 1 aromatic rings. The number of sulfonamides is 1. The largest absolute Gasteiger partial charge is 0.380 e. The molecule has 20 heavy (non-hydrogen) atoms. The normalized spacial score (nSPS) is 11.5. The summed E-state index contributed by atoms with van der Waals surface area (Å²) in [5, 5.41) is 8.85. The number of nitriles is 1. The average Bonchev–Trinajstić information content (AvgIpc) is 2.42. The fourth-order valence-corrected chi connectivity index (χ4v) is 2.56. The highest BCUT2D eigenvalue weighted by atomic mass is 32.2. The molecule has 0 saturated heterocycles. The quantitative estimate of drug-likeness (QED) is 0.730. The van der Waals surface area contributed by atoms with E-state index in [2.05, 4.69) is 23.6 Å². The van der Waals surface area contributed by atoms with Gasteiger partial charge in [-0.3, -0.25) is 0 Å². The second kappa shape index (κ2) is 7.94. The van der Waals surface area contributed by atoms with Crippen LogP contribution in [0.25, 0.3) is 0 Å². The van der Waals surface area contributed by atoms with Gasteiger partial charge in [-0.1, -0.05) is 13.8 Å². The van der Waals surface area contributed by atoms with Crippen molar-refractivity contribution in [1.82, 2.24) is 9.71 Å². The van der Waals surface area contributed by atoms with Gasteiger partial charge in [0.1, 0.15) is 11.0 Å². The first-order valence-corrected chi connectivity index (χ1v) is 7.88. The summed E-state index contributed by atoms with van der Waals surface area (Å²) in [4.78, 5) is 3.62. The topological polar surface area (TPSA) is 92.1 Å². The van der Waals surface area contributed by atoms with Crippen LogP contribution < -0.4 is 4.72 Å². The summed E-state index contributed by atoms with van der Waals surface area (Å²) in [6, 6.07) is 4.60. The molecule has 0 amide bonds. The lowest BCUT2D eigenvalue weighted by molar-refractivity contribution is 0.128. The molecule has 7 heteroatoms. The first-order chi connectivity index (χ1) is 9.47. The molecule has 6 nitrogen and oxygen atoms in total. The van der Waals surface area contributed by atoms with E-state index in [0.29, 0.717) is 19.1 Å². The maximum atomic E-state index is 12.0. The Balaban J connectivity index is 2.49. The van der Waals surface area contributed by atoms with Gasteiger partial charge < -0.3 is 4.74 Å². The standard InChI is InChI=1S/C13H19N3O3S/c1-11(2)5-8-19-9-7-16-20(17,18)13-4-3-6-15-12(13)10-14/h3-4,6,11,16H,5,7-9H2,1-2H3. The molecule has 0 atom stereocenters. The third-order valence-electron chi connectivity index (χ3n) is 2.54. The Hall–Kier alpha value is -1.49. The summed E-state index contributed by atoms with van der Waals surface area (Å²) in [5.74, 6) is 0.556. The van der Waals surface area contributed by atoms with Crippen molar-refractivity contribution in [2.45, 2.75) is 25.2 Å². The van der Waals surface area contributed by atoms with Crippen LogP contribution in [0.3, 0.4) is 0 Å². The summed E-state index contributed by atoms with van der Waals surface area (Å²) < 4.78 is 31.7. The molecule has 0 aliphatic rings.